The number of hydrogen-bond donors (Lipinski definition) is 4. The fraction of sp³-hybridized carbons (Fsp3) is 0.375. The van der Waals surface area contributed by atoms with Crippen molar-refractivity contribution in [1.29, 1.82) is 5.41 Å². The fourth-order valence-corrected chi connectivity index (χ4v) is 4.50. The summed E-state index contributed by atoms with van der Waals surface area (Å²) in [5, 5.41) is 19.7. The summed E-state index contributed by atoms with van der Waals surface area (Å²) < 4.78 is 19.6. The SMILES string of the molecule is CC(=N)c1ccc(N2CCC(CC(=O)NCC(NS(=O)Oc3ccccc3)C(=O)O)CC2)cc1. The van der Waals surface area contributed by atoms with E-state index in [1.165, 1.54) is 0 Å². The molecule has 0 radical (unpaired) electrons. The molecule has 2 aromatic rings. The molecule has 1 aliphatic rings. The molecular formula is C24H30N4O5S. The van der Waals surface area contributed by atoms with E-state index in [2.05, 4.69) is 14.9 Å². The van der Waals surface area contributed by atoms with Crippen molar-refractivity contribution in [2.45, 2.75) is 32.2 Å². The summed E-state index contributed by atoms with van der Waals surface area (Å²) in [7, 11) is 0. The Balaban J connectivity index is 1.41. The Kier molecular flexibility index (Phi) is 9.17. The Morgan fingerprint density at radius 2 is 1.79 bits per heavy atom. The predicted octanol–water partition coefficient (Wildman–Crippen LogP) is 2.50. The van der Waals surface area contributed by atoms with Crippen LogP contribution in [0.25, 0.3) is 0 Å². The second kappa shape index (κ2) is 12.3. The molecule has 2 atom stereocenters. The van der Waals surface area contributed by atoms with Gasteiger partial charge in [-0.3, -0.25) is 9.59 Å². The third-order valence-electron chi connectivity index (χ3n) is 5.71. The van der Waals surface area contributed by atoms with Gasteiger partial charge in [-0.25, -0.2) is 0 Å². The number of amides is 1. The quantitative estimate of drug-likeness (QED) is 0.361. The number of para-hydroxylation sites is 1. The summed E-state index contributed by atoms with van der Waals surface area (Å²) in [5.41, 5.74) is 2.54. The van der Waals surface area contributed by atoms with Crippen LogP contribution < -0.4 is 19.1 Å². The maximum atomic E-state index is 12.4. The Morgan fingerprint density at radius 3 is 2.38 bits per heavy atom. The summed E-state index contributed by atoms with van der Waals surface area (Å²) in [5.74, 6) is -0.908. The van der Waals surface area contributed by atoms with Crippen LogP contribution in [0, 0.1) is 11.3 Å². The molecule has 0 saturated carbocycles. The molecule has 1 heterocycles. The molecule has 1 saturated heterocycles. The zero-order valence-electron chi connectivity index (χ0n) is 19.0. The highest BCUT2D eigenvalue weighted by atomic mass is 32.2. The number of nitrogens with one attached hydrogen (secondary N) is 3. The lowest BCUT2D eigenvalue weighted by Gasteiger charge is -2.33. The second-order valence-corrected chi connectivity index (χ2v) is 9.12. The third kappa shape index (κ3) is 7.67. The summed E-state index contributed by atoms with van der Waals surface area (Å²) in [6.45, 7) is 3.22. The molecule has 0 spiro atoms. The van der Waals surface area contributed by atoms with E-state index in [0.29, 0.717) is 17.9 Å². The number of carboxylic acid groups (broad SMARTS) is 1. The van der Waals surface area contributed by atoms with Crippen molar-refractivity contribution in [3.05, 3.63) is 60.2 Å². The number of nitrogens with zero attached hydrogens (tertiary/aromatic N) is 1. The molecule has 9 nitrogen and oxygen atoms in total. The predicted molar refractivity (Wildman–Crippen MR) is 131 cm³/mol. The molecule has 4 N–H and O–H groups in total. The second-order valence-electron chi connectivity index (χ2n) is 8.25. The van der Waals surface area contributed by atoms with Crippen molar-refractivity contribution in [3.63, 3.8) is 0 Å². The summed E-state index contributed by atoms with van der Waals surface area (Å²) in [4.78, 5) is 26.2. The third-order valence-corrected chi connectivity index (χ3v) is 6.53. The molecule has 2 unspecified atom stereocenters. The van der Waals surface area contributed by atoms with Crippen LogP contribution in [0.3, 0.4) is 0 Å². The van der Waals surface area contributed by atoms with Gasteiger partial charge in [0.2, 0.25) is 5.91 Å². The summed E-state index contributed by atoms with van der Waals surface area (Å²) in [6.07, 6.45) is 2.03. The van der Waals surface area contributed by atoms with E-state index < -0.39 is 23.3 Å². The van der Waals surface area contributed by atoms with Crippen molar-refractivity contribution >= 4 is 34.5 Å². The number of piperidine rings is 1. The molecule has 3 rings (SSSR count). The van der Waals surface area contributed by atoms with E-state index in [1.807, 2.05) is 24.3 Å². The van der Waals surface area contributed by atoms with Crippen LogP contribution in [-0.2, 0) is 20.9 Å². The van der Waals surface area contributed by atoms with Gasteiger partial charge in [0.15, 0.2) is 0 Å². The topological polar surface area (TPSA) is 132 Å². The lowest BCUT2D eigenvalue weighted by atomic mass is 9.92. The largest absolute Gasteiger partial charge is 0.480 e. The molecule has 34 heavy (non-hydrogen) atoms. The number of rotatable bonds is 11. The Bertz CT molecular complexity index is 1010. The molecule has 1 amide bonds. The molecule has 0 aliphatic carbocycles. The van der Waals surface area contributed by atoms with Gasteiger partial charge in [-0.1, -0.05) is 30.3 Å². The highest BCUT2D eigenvalue weighted by Gasteiger charge is 2.24. The van der Waals surface area contributed by atoms with Gasteiger partial charge in [0, 0.05) is 37.5 Å². The minimum absolute atomic E-state index is 0.199. The highest BCUT2D eigenvalue weighted by Crippen LogP contribution is 2.25. The molecule has 0 bridgehead atoms. The van der Waals surface area contributed by atoms with Crippen LogP contribution in [0.1, 0.15) is 31.7 Å². The van der Waals surface area contributed by atoms with E-state index in [4.69, 9.17) is 9.59 Å². The zero-order valence-corrected chi connectivity index (χ0v) is 19.8. The average molecular weight is 487 g/mol. The number of carbonyl (C=O) groups excluding carboxylic acids is 1. The van der Waals surface area contributed by atoms with Gasteiger partial charge < -0.3 is 24.9 Å². The molecule has 182 valence electrons. The number of anilines is 1. The highest BCUT2D eigenvalue weighted by molar-refractivity contribution is 7.78. The fourth-order valence-electron chi connectivity index (χ4n) is 3.75. The molecule has 10 heteroatoms. The van der Waals surface area contributed by atoms with Crippen molar-refractivity contribution in [2.75, 3.05) is 24.5 Å². The first-order chi connectivity index (χ1) is 16.3. The molecule has 1 aliphatic heterocycles. The van der Waals surface area contributed by atoms with Gasteiger partial charge >= 0.3 is 5.97 Å². The van der Waals surface area contributed by atoms with Gasteiger partial charge in [0.25, 0.3) is 11.3 Å². The number of hydrogen-bond acceptors (Lipinski definition) is 6. The average Bonchev–Trinajstić information content (AvgIpc) is 2.82. The van der Waals surface area contributed by atoms with Crippen LogP contribution in [0.5, 0.6) is 5.75 Å². The van der Waals surface area contributed by atoms with Gasteiger partial charge in [-0.15, -0.1) is 0 Å². The van der Waals surface area contributed by atoms with Crippen LogP contribution in [-0.4, -0.2) is 52.6 Å². The number of carbonyl (C=O) groups is 2. The lowest BCUT2D eigenvalue weighted by Crippen LogP contribution is -2.47. The first kappa shape index (κ1) is 25.4. The van der Waals surface area contributed by atoms with Crippen molar-refractivity contribution < 1.29 is 23.1 Å². The van der Waals surface area contributed by atoms with Crippen LogP contribution in [0.15, 0.2) is 54.6 Å². The Labute approximate surface area is 201 Å². The molecular weight excluding hydrogens is 456 g/mol. The number of carboxylic acids is 1. The normalized spacial score (nSPS) is 15.9. The zero-order chi connectivity index (χ0) is 24.5. The molecule has 2 aromatic carbocycles. The van der Waals surface area contributed by atoms with Crippen LogP contribution in [0.2, 0.25) is 0 Å². The van der Waals surface area contributed by atoms with Crippen LogP contribution >= 0.6 is 0 Å². The van der Waals surface area contributed by atoms with Crippen molar-refractivity contribution in [1.82, 2.24) is 10.0 Å². The van der Waals surface area contributed by atoms with E-state index in [1.54, 1.807) is 37.3 Å². The molecule has 1 fully saturated rings. The smallest absolute Gasteiger partial charge is 0.323 e. The minimum atomic E-state index is -2.07. The summed E-state index contributed by atoms with van der Waals surface area (Å²) in [6, 6.07) is 15.1. The first-order valence-corrected chi connectivity index (χ1v) is 12.2. The summed E-state index contributed by atoms with van der Waals surface area (Å²) >= 11 is -2.07. The van der Waals surface area contributed by atoms with E-state index in [0.717, 1.165) is 37.2 Å². The molecule has 0 aromatic heterocycles. The number of aliphatic carboxylic acids is 1. The van der Waals surface area contributed by atoms with Crippen molar-refractivity contribution in [2.24, 2.45) is 5.92 Å². The standard InChI is InChI=1S/C24H30N4O5S/c1-17(25)19-7-9-20(10-8-19)28-13-11-18(12-14-28)15-23(29)26-16-22(24(30)31)27-34(32)33-21-5-3-2-4-6-21/h2-10,18,22,25,27H,11-16H2,1H3,(H,26,29)(H,30,31). The lowest BCUT2D eigenvalue weighted by molar-refractivity contribution is -0.138. The first-order valence-electron chi connectivity index (χ1n) is 11.1. The maximum Gasteiger partial charge on any atom is 0.323 e. The maximum absolute atomic E-state index is 12.4. The monoisotopic (exact) mass is 486 g/mol. The Hall–Kier alpha value is -3.24. The Morgan fingerprint density at radius 1 is 1.15 bits per heavy atom. The minimum Gasteiger partial charge on any atom is -0.480 e. The number of benzene rings is 2. The van der Waals surface area contributed by atoms with E-state index in [-0.39, 0.29) is 18.4 Å². The van der Waals surface area contributed by atoms with E-state index >= 15 is 0 Å². The van der Waals surface area contributed by atoms with Crippen molar-refractivity contribution in [3.8, 4) is 5.75 Å². The van der Waals surface area contributed by atoms with Gasteiger partial charge in [0.05, 0.1) is 0 Å². The van der Waals surface area contributed by atoms with Gasteiger partial charge in [-0.2, -0.15) is 8.93 Å². The van der Waals surface area contributed by atoms with Gasteiger partial charge in [-0.05, 0) is 55.5 Å². The van der Waals surface area contributed by atoms with E-state index in [9.17, 15) is 18.9 Å². The van der Waals surface area contributed by atoms with Gasteiger partial charge in [0.1, 0.15) is 11.8 Å². The van der Waals surface area contributed by atoms with Crippen LogP contribution in [0.4, 0.5) is 5.69 Å².